The molecule has 3 N–H and O–H groups in total. The number of nitrogens with zero attached hydrogens (tertiary/aromatic N) is 2. The lowest BCUT2D eigenvalue weighted by molar-refractivity contribution is -0.120. The van der Waals surface area contributed by atoms with Gasteiger partial charge < -0.3 is 15.3 Å². The van der Waals surface area contributed by atoms with Gasteiger partial charge in [0.15, 0.2) is 5.75 Å². The molecule has 0 radical (unpaired) electrons. The van der Waals surface area contributed by atoms with Crippen molar-refractivity contribution < 1.29 is 18.3 Å². The second-order valence-corrected chi connectivity index (χ2v) is 7.43. The minimum atomic E-state index is -4.02. The Balaban J connectivity index is 1.79. The number of halogens is 1. The zero-order valence-corrected chi connectivity index (χ0v) is 14.5. The van der Waals surface area contributed by atoms with E-state index in [1.165, 1.54) is 30.5 Å². The van der Waals surface area contributed by atoms with Crippen LogP contribution in [0.1, 0.15) is 0 Å². The van der Waals surface area contributed by atoms with Crippen LogP contribution in [0.3, 0.4) is 0 Å². The maximum absolute atomic E-state index is 12.4. The van der Waals surface area contributed by atoms with Crippen molar-refractivity contribution in [1.29, 1.82) is 0 Å². The number of aromatic hydroxyl groups is 1. The number of carbonyl (C=O) groups excluding carboxylic acids is 1. The van der Waals surface area contributed by atoms with Gasteiger partial charge in [-0.15, -0.1) is 0 Å². The van der Waals surface area contributed by atoms with Crippen LogP contribution in [0.15, 0.2) is 41.4 Å². The van der Waals surface area contributed by atoms with Gasteiger partial charge in [-0.25, -0.2) is 13.4 Å². The summed E-state index contributed by atoms with van der Waals surface area (Å²) in [4.78, 5) is 17.1. The molecule has 132 valence electrons. The second-order valence-electron chi connectivity index (χ2n) is 5.37. The van der Waals surface area contributed by atoms with E-state index in [2.05, 4.69) is 15.0 Å². The number of amides is 1. The van der Waals surface area contributed by atoms with Crippen LogP contribution in [0.4, 0.5) is 11.5 Å². The predicted molar refractivity (Wildman–Crippen MR) is 93.4 cm³/mol. The molecule has 1 aromatic carbocycles. The molecule has 0 unspecified atom stereocenters. The van der Waals surface area contributed by atoms with Gasteiger partial charge in [-0.3, -0.25) is 9.52 Å². The largest absolute Gasteiger partial charge is 0.505 e. The molecule has 0 aliphatic carbocycles. The van der Waals surface area contributed by atoms with Crippen molar-refractivity contribution in [3.05, 3.63) is 41.6 Å². The Morgan fingerprint density at radius 1 is 1.28 bits per heavy atom. The number of aromatic nitrogens is 1. The molecule has 1 saturated heterocycles. The molecule has 10 heteroatoms. The highest BCUT2D eigenvalue weighted by atomic mass is 35.5. The lowest BCUT2D eigenvalue weighted by atomic mass is 10.3. The third kappa shape index (κ3) is 3.77. The number of hydrogen-bond acceptors (Lipinski definition) is 6. The fourth-order valence-electron chi connectivity index (χ4n) is 2.39. The highest BCUT2D eigenvalue weighted by Gasteiger charge is 2.21. The van der Waals surface area contributed by atoms with Crippen molar-refractivity contribution in [3.8, 4) is 5.75 Å². The van der Waals surface area contributed by atoms with E-state index in [0.29, 0.717) is 18.9 Å². The summed E-state index contributed by atoms with van der Waals surface area (Å²) in [5, 5.41) is 12.5. The molecule has 8 nitrogen and oxygen atoms in total. The standard InChI is InChI=1S/C15H15ClN4O4S/c16-11-2-1-3-12(15(11)22)25(23,24)19-10-4-5-13(18-8-10)20-7-6-17-14(21)9-20/h1-5,8,19,22H,6-7,9H2,(H,17,21). The average molecular weight is 383 g/mol. The Kier molecular flexibility index (Phi) is 4.69. The summed E-state index contributed by atoms with van der Waals surface area (Å²) in [5.41, 5.74) is 0.226. The Morgan fingerprint density at radius 3 is 2.76 bits per heavy atom. The van der Waals surface area contributed by atoms with Crippen LogP contribution in [-0.4, -0.2) is 44.0 Å². The van der Waals surface area contributed by atoms with Crippen LogP contribution in [-0.2, 0) is 14.8 Å². The van der Waals surface area contributed by atoms with E-state index in [4.69, 9.17) is 11.6 Å². The first-order valence-electron chi connectivity index (χ1n) is 7.35. The molecule has 2 aromatic rings. The van der Waals surface area contributed by atoms with Gasteiger partial charge in [-0.2, -0.15) is 0 Å². The van der Waals surface area contributed by atoms with E-state index in [1.54, 1.807) is 11.0 Å². The number of carbonyl (C=O) groups is 1. The molecular weight excluding hydrogens is 368 g/mol. The number of pyridine rings is 1. The van der Waals surface area contributed by atoms with Gasteiger partial charge in [0.25, 0.3) is 10.0 Å². The average Bonchev–Trinajstić information content (AvgIpc) is 2.57. The van der Waals surface area contributed by atoms with E-state index < -0.39 is 15.8 Å². The molecule has 0 spiro atoms. The monoisotopic (exact) mass is 382 g/mol. The highest BCUT2D eigenvalue weighted by molar-refractivity contribution is 7.92. The molecule has 1 aliphatic heterocycles. The van der Waals surface area contributed by atoms with Gasteiger partial charge in [0.05, 0.1) is 23.5 Å². The second kappa shape index (κ2) is 6.77. The first kappa shape index (κ1) is 17.3. The van der Waals surface area contributed by atoms with Crippen molar-refractivity contribution in [2.45, 2.75) is 4.90 Å². The summed E-state index contributed by atoms with van der Waals surface area (Å²) in [5.74, 6) is -0.0294. The van der Waals surface area contributed by atoms with Crippen molar-refractivity contribution >= 4 is 39.0 Å². The van der Waals surface area contributed by atoms with E-state index in [1.807, 2.05) is 0 Å². The van der Waals surface area contributed by atoms with Crippen LogP contribution in [0.5, 0.6) is 5.75 Å². The molecule has 25 heavy (non-hydrogen) atoms. The molecule has 1 amide bonds. The number of phenolic OH excluding ortho intramolecular Hbond substituents is 1. The third-order valence-electron chi connectivity index (χ3n) is 3.60. The van der Waals surface area contributed by atoms with Gasteiger partial charge in [-0.1, -0.05) is 17.7 Å². The molecule has 3 rings (SSSR count). The Labute approximate surface area is 149 Å². The van der Waals surface area contributed by atoms with Crippen LogP contribution in [0.25, 0.3) is 0 Å². The summed E-state index contributed by atoms with van der Waals surface area (Å²) in [6, 6.07) is 7.22. The number of phenols is 1. The number of para-hydroxylation sites is 1. The number of nitrogens with one attached hydrogen (secondary N) is 2. The number of benzene rings is 1. The minimum absolute atomic E-state index is 0.0558. The van der Waals surface area contributed by atoms with E-state index >= 15 is 0 Å². The molecule has 0 atom stereocenters. The van der Waals surface area contributed by atoms with Gasteiger partial charge >= 0.3 is 0 Å². The number of sulfonamides is 1. The van der Waals surface area contributed by atoms with Gasteiger partial charge in [0, 0.05) is 13.1 Å². The Hall–Kier alpha value is -2.52. The number of piperazine rings is 1. The van der Waals surface area contributed by atoms with Gasteiger partial charge in [0.2, 0.25) is 5.91 Å². The summed E-state index contributed by atoms with van der Waals surface area (Å²) in [6.07, 6.45) is 1.35. The molecule has 1 aromatic heterocycles. The quantitative estimate of drug-likeness (QED) is 0.732. The summed E-state index contributed by atoms with van der Waals surface area (Å²) in [6.45, 7) is 1.36. The predicted octanol–water partition coefficient (Wildman–Crippen LogP) is 1.18. The number of rotatable bonds is 4. The van der Waals surface area contributed by atoms with Crippen molar-refractivity contribution in [2.75, 3.05) is 29.3 Å². The van der Waals surface area contributed by atoms with Crippen LogP contribution < -0.4 is 14.9 Å². The van der Waals surface area contributed by atoms with E-state index in [0.717, 1.165) is 0 Å². The minimum Gasteiger partial charge on any atom is -0.505 e. The first-order chi connectivity index (χ1) is 11.9. The molecule has 1 aliphatic rings. The molecule has 2 heterocycles. The Morgan fingerprint density at radius 2 is 2.08 bits per heavy atom. The van der Waals surface area contributed by atoms with Gasteiger partial charge in [0.1, 0.15) is 10.7 Å². The molecular formula is C15H15ClN4O4S. The van der Waals surface area contributed by atoms with Crippen molar-refractivity contribution in [3.63, 3.8) is 0 Å². The third-order valence-corrected chi connectivity index (χ3v) is 5.32. The van der Waals surface area contributed by atoms with Crippen LogP contribution >= 0.6 is 11.6 Å². The van der Waals surface area contributed by atoms with Crippen LogP contribution in [0, 0.1) is 0 Å². The van der Waals surface area contributed by atoms with Crippen molar-refractivity contribution in [2.24, 2.45) is 0 Å². The molecule has 0 bridgehead atoms. The Bertz CT molecular complexity index is 902. The van der Waals surface area contributed by atoms with E-state index in [9.17, 15) is 18.3 Å². The SMILES string of the molecule is O=C1CN(c2ccc(NS(=O)(=O)c3cccc(Cl)c3O)cn2)CCN1. The fourth-order valence-corrected chi connectivity index (χ4v) is 3.78. The maximum Gasteiger partial charge on any atom is 0.265 e. The normalized spacial score (nSPS) is 14.9. The summed E-state index contributed by atoms with van der Waals surface area (Å²) < 4.78 is 27.1. The summed E-state index contributed by atoms with van der Waals surface area (Å²) in [7, 11) is -4.02. The molecule has 1 fully saturated rings. The topological polar surface area (TPSA) is 112 Å². The fraction of sp³-hybridized carbons (Fsp3) is 0.200. The lowest BCUT2D eigenvalue weighted by Gasteiger charge is -2.27. The zero-order valence-electron chi connectivity index (χ0n) is 12.9. The number of anilines is 2. The van der Waals surface area contributed by atoms with E-state index in [-0.39, 0.29) is 28.1 Å². The lowest BCUT2D eigenvalue weighted by Crippen LogP contribution is -2.48. The zero-order chi connectivity index (χ0) is 18.0. The smallest absolute Gasteiger partial charge is 0.265 e. The summed E-state index contributed by atoms with van der Waals surface area (Å²) >= 11 is 5.75. The highest BCUT2D eigenvalue weighted by Crippen LogP contribution is 2.31. The molecule has 0 saturated carbocycles. The number of hydrogen-bond donors (Lipinski definition) is 3. The first-order valence-corrected chi connectivity index (χ1v) is 9.21. The van der Waals surface area contributed by atoms with Crippen molar-refractivity contribution in [1.82, 2.24) is 10.3 Å². The van der Waals surface area contributed by atoms with Crippen LogP contribution in [0.2, 0.25) is 5.02 Å². The maximum atomic E-state index is 12.4. The van der Waals surface area contributed by atoms with Gasteiger partial charge in [-0.05, 0) is 24.3 Å².